The van der Waals surface area contributed by atoms with Crippen LogP contribution in [0.1, 0.15) is 32.2 Å². The maximum absolute atomic E-state index is 12.4. The monoisotopic (exact) mass is 338 g/mol. The van der Waals surface area contributed by atoms with Gasteiger partial charge in [0, 0.05) is 18.8 Å². The summed E-state index contributed by atoms with van der Waals surface area (Å²) in [6.07, 6.45) is 1.42. The lowest BCUT2D eigenvalue weighted by atomic mass is 10.1. The first-order valence-electron chi connectivity index (χ1n) is 7.71. The molecule has 0 aliphatic rings. The Labute approximate surface area is 144 Å². The van der Waals surface area contributed by atoms with Crippen LogP contribution in [0.25, 0.3) is 0 Å². The number of amides is 2. The highest BCUT2D eigenvalue weighted by atomic mass is 16.3. The summed E-state index contributed by atoms with van der Waals surface area (Å²) < 4.78 is 6.47. The third-order valence-electron chi connectivity index (χ3n) is 3.86. The average Bonchev–Trinajstić information content (AvgIpc) is 3.21. The zero-order valence-electron chi connectivity index (χ0n) is 14.2. The number of carbonyl (C=O) groups excluding carboxylic acids is 2. The van der Waals surface area contributed by atoms with Gasteiger partial charge in [0.1, 0.15) is 5.82 Å². The quantitative estimate of drug-likeness (QED) is 0.765. The predicted octanol–water partition coefficient (Wildman–Crippen LogP) is 3.13. The number of carbonyl (C=O) groups is 2. The second-order valence-electron chi connectivity index (χ2n) is 5.72. The SMILES string of the molecule is Cc1ccc(NC(=O)c2cc(NC(=O)c3ccco3)n(C)n2)cc1C. The van der Waals surface area contributed by atoms with Crippen molar-refractivity contribution in [2.24, 2.45) is 7.05 Å². The van der Waals surface area contributed by atoms with E-state index >= 15 is 0 Å². The van der Waals surface area contributed by atoms with Gasteiger partial charge in [-0.15, -0.1) is 0 Å². The summed E-state index contributed by atoms with van der Waals surface area (Å²) in [5.41, 5.74) is 3.14. The second kappa shape index (κ2) is 6.64. The van der Waals surface area contributed by atoms with Crippen LogP contribution >= 0.6 is 0 Å². The molecule has 7 nitrogen and oxygen atoms in total. The van der Waals surface area contributed by atoms with Gasteiger partial charge in [-0.3, -0.25) is 14.3 Å². The van der Waals surface area contributed by atoms with E-state index in [2.05, 4.69) is 15.7 Å². The average molecular weight is 338 g/mol. The number of aryl methyl sites for hydroxylation is 3. The first-order valence-corrected chi connectivity index (χ1v) is 7.71. The Morgan fingerprint density at radius 2 is 1.84 bits per heavy atom. The molecular weight excluding hydrogens is 320 g/mol. The molecule has 2 amide bonds. The Morgan fingerprint density at radius 3 is 2.52 bits per heavy atom. The Balaban J connectivity index is 1.73. The van der Waals surface area contributed by atoms with E-state index in [1.807, 2.05) is 32.0 Å². The third kappa shape index (κ3) is 3.60. The minimum absolute atomic E-state index is 0.183. The Kier molecular flexibility index (Phi) is 4.38. The Morgan fingerprint density at radius 1 is 1.04 bits per heavy atom. The number of furan rings is 1. The lowest BCUT2D eigenvalue weighted by Gasteiger charge is -2.06. The zero-order chi connectivity index (χ0) is 18.0. The summed E-state index contributed by atoms with van der Waals surface area (Å²) in [7, 11) is 1.64. The van der Waals surface area contributed by atoms with Crippen LogP contribution in [0.15, 0.2) is 47.1 Å². The molecule has 2 N–H and O–H groups in total. The van der Waals surface area contributed by atoms with Crippen LogP contribution in [0, 0.1) is 13.8 Å². The molecule has 0 radical (unpaired) electrons. The molecule has 0 spiro atoms. The van der Waals surface area contributed by atoms with E-state index in [0.29, 0.717) is 11.5 Å². The Hall–Kier alpha value is -3.35. The van der Waals surface area contributed by atoms with Gasteiger partial charge in [-0.1, -0.05) is 6.07 Å². The number of rotatable bonds is 4. The zero-order valence-corrected chi connectivity index (χ0v) is 14.2. The van der Waals surface area contributed by atoms with E-state index in [-0.39, 0.29) is 17.4 Å². The molecule has 7 heteroatoms. The van der Waals surface area contributed by atoms with Gasteiger partial charge in [0.2, 0.25) is 0 Å². The molecular formula is C18H18N4O3. The fourth-order valence-electron chi connectivity index (χ4n) is 2.30. The molecule has 0 bridgehead atoms. The normalized spacial score (nSPS) is 10.5. The van der Waals surface area contributed by atoms with Gasteiger partial charge in [0.15, 0.2) is 11.5 Å². The summed E-state index contributed by atoms with van der Waals surface area (Å²) in [4.78, 5) is 24.4. The van der Waals surface area contributed by atoms with Gasteiger partial charge in [0.05, 0.1) is 6.26 Å². The number of nitrogens with one attached hydrogen (secondary N) is 2. The van der Waals surface area contributed by atoms with Crippen molar-refractivity contribution in [2.45, 2.75) is 13.8 Å². The molecule has 3 aromatic rings. The molecule has 128 valence electrons. The van der Waals surface area contributed by atoms with E-state index < -0.39 is 5.91 Å². The summed E-state index contributed by atoms with van der Waals surface area (Å²) in [6, 6.07) is 10.4. The molecule has 0 atom stereocenters. The van der Waals surface area contributed by atoms with Crippen molar-refractivity contribution >= 4 is 23.3 Å². The minimum Gasteiger partial charge on any atom is -0.459 e. The summed E-state index contributed by atoms with van der Waals surface area (Å²) in [5, 5.41) is 9.60. The molecule has 0 saturated heterocycles. The molecule has 0 aliphatic heterocycles. The largest absolute Gasteiger partial charge is 0.459 e. The van der Waals surface area contributed by atoms with Crippen LogP contribution in [0.5, 0.6) is 0 Å². The first-order chi connectivity index (χ1) is 11.9. The maximum Gasteiger partial charge on any atom is 0.292 e. The van der Waals surface area contributed by atoms with E-state index in [1.54, 1.807) is 19.2 Å². The second-order valence-corrected chi connectivity index (χ2v) is 5.72. The highest BCUT2D eigenvalue weighted by Crippen LogP contribution is 2.16. The highest BCUT2D eigenvalue weighted by Gasteiger charge is 2.16. The van der Waals surface area contributed by atoms with Crippen LogP contribution in [-0.4, -0.2) is 21.6 Å². The molecule has 3 rings (SSSR count). The van der Waals surface area contributed by atoms with Crippen LogP contribution in [0.2, 0.25) is 0 Å². The number of anilines is 2. The van der Waals surface area contributed by atoms with Gasteiger partial charge in [-0.25, -0.2) is 0 Å². The van der Waals surface area contributed by atoms with E-state index in [4.69, 9.17) is 4.42 Å². The van der Waals surface area contributed by atoms with Crippen molar-refractivity contribution in [2.75, 3.05) is 10.6 Å². The van der Waals surface area contributed by atoms with Gasteiger partial charge in [-0.05, 0) is 49.2 Å². The molecule has 0 fully saturated rings. The van der Waals surface area contributed by atoms with E-state index in [9.17, 15) is 9.59 Å². The molecule has 2 aromatic heterocycles. The van der Waals surface area contributed by atoms with Gasteiger partial charge in [-0.2, -0.15) is 5.10 Å². The Bertz CT molecular complexity index is 926. The standard InChI is InChI=1S/C18H18N4O3/c1-11-6-7-13(9-12(11)2)19-17(23)14-10-16(22(3)21-14)20-18(24)15-5-4-8-25-15/h4-10H,1-3H3,(H,19,23)(H,20,24). The summed E-state index contributed by atoms with van der Waals surface area (Å²) in [6.45, 7) is 3.99. The van der Waals surface area contributed by atoms with Crippen LogP contribution in [0.4, 0.5) is 11.5 Å². The first kappa shape index (κ1) is 16.5. The lowest BCUT2D eigenvalue weighted by molar-refractivity contribution is 0.0993. The van der Waals surface area contributed by atoms with E-state index in [1.165, 1.54) is 17.0 Å². The molecule has 2 heterocycles. The number of aromatic nitrogens is 2. The van der Waals surface area contributed by atoms with Crippen LogP contribution in [0.3, 0.4) is 0 Å². The minimum atomic E-state index is -0.408. The van der Waals surface area contributed by atoms with Crippen molar-refractivity contribution in [3.8, 4) is 0 Å². The molecule has 1 aromatic carbocycles. The number of hydrogen-bond donors (Lipinski definition) is 2. The topological polar surface area (TPSA) is 89.2 Å². The van der Waals surface area contributed by atoms with Crippen LogP contribution < -0.4 is 10.6 Å². The van der Waals surface area contributed by atoms with E-state index in [0.717, 1.165) is 11.1 Å². The third-order valence-corrected chi connectivity index (χ3v) is 3.86. The van der Waals surface area contributed by atoms with Crippen molar-refractivity contribution < 1.29 is 14.0 Å². The molecule has 0 aliphatic carbocycles. The highest BCUT2D eigenvalue weighted by molar-refractivity contribution is 6.05. The molecule has 0 unspecified atom stereocenters. The number of nitrogens with zero attached hydrogens (tertiary/aromatic N) is 2. The lowest BCUT2D eigenvalue weighted by Crippen LogP contribution is -2.13. The predicted molar refractivity (Wildman–Crippen MR) is 93.7 cm³/mol. The van der Waals surface area contributed by atoms with Crippen molar-refractivity contribution in [1.29, 1.82) is 0 Å². The van der Waals surface area contributed by atoms with Crippen molar-refractivity contribution in [3.63, 3.8) is 0 Å². The van der Waals surface area contributed by atoms with Gasteiger partial charge >= 0.3 is 0 Å². The van der Waals surface area contributed by atoms with Crippen molar-refractivity contribution in [1.82, 2.24) is 9.78 Å². The fourth-order valence-corrected chi connectivity index (χ4v) is 2.30. The molecule has 25 heavy (non-hydrogen) atoms. The maximum atomic E-state index is 12.4. The van der Waals surface area contributed by atoms with Gasteiger partial charge in [0.25, 0.3) is 11.8 Å². The van der Waals surface area contributed by atoms with Crippen LogP contribution in [-0.2, 0) is 7.05 Å². The molecule has 0 saturated carbocycles. The number of hydrogen-bond acceptors (Lipinski definition) is 4. The van der Waals surface area contributed by atoms with Crippen molar-refractivity contribution in [3.05, 3.63) is 65.2 Å². The number of benzene rings is 1. The summed E-state index contributed by atoms with van der Waals surface area (Å²) in [5.74, 6) is -0.180. The summed E-state index contributed by atoms with van der Waals surface area (Å²) >= 11 is 0. The van der Waals surface area contributed by atoms with Gasteiger partial charge < -0.3 is 15.1 Å². The fraction of sp³-hybridized carbons (Fsp3) is 0.167. The smallest absolute Gasteiger partial charge is 0.292 e.